The summed E-state index contributed by atoms with van der Waals surface area (Å²) in [6.45, 7) is 5.04. The molecule has 0 atom stereocenters. The molecule has 0 bridgehead atoms. The largest absolute Gasteiger partial charge is 0.377 e. The van der Waals surface area contributed by atoms with Crippen molar-refractivity contribution in [3.63, 3.8) is 0 Å². The Morgan fingerprint density at radius 1 is 1.33 bits per heavy atom. The van der Waals surface area contributed by atoms with E-state index in [0.29, 0.717) is 6.54 Å². The van der Waals surface area contributed by atoms with Gasteiger partial charge in [-0.1, -0.05) is 6.07 Å². The topological polar surface area (TPSA) is 29.9 Å². The number of halogens is 2. The van der Waals surface area contributed by atoms with Crippen LogP contribution in [0.2, 0.25) is 0 Å². The normalized spacial score (nSPS) is 10.7. The molecule has 5 heteroatoms. The third-order valence-corrected chi connectivity index (χ3v) is 2.70. The minimum absolute atomic E-state index is 0.163. The van der Waals surface area contributed by atoms with Crippen LogP contribution < -0.4 is 5.32 Å². The predicted molar refractivity (Wildman–Crippen MR) is 66.3 cm³/mol. The van der Waals surface area contributed by atoms with Crippen molar-refractivity contribution >= 4 is 5.69 Å². The van der Waals surface area contributed by atoms with E-state index < -0.39 is 11.6 Å². The summed E-state index contributed by atoms with van der Waals surface area (Å²) >= 11 is 0. The lowest BCUT2D eigenvalue weighted by Gasteiger charge is -2.09. The molecule has 0 unspecified atom stereocenters. The van der Waals surface area contributed by atoms with E-state index in [1.54, 1.807) is 0 Å². The SMILES string of the molecule is CCn1nc(C)cc1CNc1cccc(F)c1F. The molecule has 0 aliphatic carbocycles. The van der Waals surface area contributed by atoms with Gasteiger partial charge in [-0.3, -0.25) is 4.68 Å². The number of hydrogen-bond donors (Lipinski definition) is 1. The molecule has 0 aliphatic heterocycles. The van der Waals surface area contributed by atoms with Gasteiger partial charge in [0.25, 0.3) is 0 Å². The monoisotopic (exact) mass is 251 g/mol. The highest BCUT2D eigenvalue weighted by Crippen LogP contribution is 2.17. The maximum Gasteiger partial charge on any atom is 0.181 e. The second-order valence-electron chi connectivity index (χ2n) is 4.05. The van der Waals surface area contributed by atoms with Crippen LogP contribution in [0.15, 0.2) is 24.3 Å². The van der Waals surface area contributed by atoms with Crippen LogP contribution in [0.5, 0.6) is 0 Å². The molecular formula is C13H15F2N3. The first-order valence-corrected chi connectivity index (χ1v) is 5.83. The number of nitrogens with zero attached hydrogens (tertiary/aromatic N) is 2. The quantitative estimate of drug-likeness (QED) is 0.904. The van der Waals surface area contributed by atoms with Gasteiger partial charge >= 0.3 is 0 Å². The highest BCUT2D eigenvalue weighted by atomic mass is 19.2. The standard InChI is InChI=1S/C13H15F2N3/c1-3-18-10(7-9(2)17-18)8-16-12-6-4-5-11(14)13(12)15/h4-7,16H,3,8H2,1-2H3. The Labute approximate surface area is 104 Å². The second-order valence-corrected chi connectivity index (χ2v) is 4.05. The molecule has 0 saturated heterocycles. The van der Waals surface area contributed by atoms with Crippen molar-refractivity contribution in [1.29, 1.82) is 0 Å². The lowest BCUT2D eigenvalue weighted by atomic mass is 10.3. The summed E-state index contributed by atoms with van der Waals surface area (Å²) in [6, 6.07) is 6.01. The fourth-order valence-electron chi connectivity index (χ4n) is 1.84. The van der Waals surface area contributed by atoms with Gasteiger partial charge in [0.2, 0.25) is 0 Å². The van der Waals surface area contributed by atoms with Gasteiger partial charge in [0.05, 0.1) is 23.6 Å². The van der Waals surface area contributed by atoms with Crippen LogP contribution in [0.25, 0.3) is 0 Å². The molecule has 2 aromatic rings. The minimum Gasteiger partial charge on any atom is -0.377 e. The average molecular weight is 251 g/mol. The molecule has 3 nitrogen and oxygen atoms in total. The molecule has 1 heterocycles. The summed E-state index contributed by atoms with van der Waals surface area (Å²) in [4.78, 5) is 0. The van der Waals surface area contributed by atoms with E-state index in [-0.39, 0.29) is 5.69 Å². The number of hydrogen-bond acceptors (Lipinski definition) is 2. The Morgan fingerprint density at radius 3 is 2.83 bits per heavy atom. The number of aromatic nitrogens is 2. The van der Waals surface area contributed by atoms with Crippen LogP contribution in [-0.2, 0) is 13.1 Å². The van der Waals surface area contributed by atoms with Crippen LogP contribution in [0, 0.1) is 18.6 Å². The maximum atomic E-state index is 13.4. The van der Waals surface area contributed by atoms with Crippen LogP contribution in [-0.4, -0.2) is 9.78 Å². The molecule has 1 N–H and O–H groups in total. The van der Waals surface area contributed by atoms with Crippen molar-refractivity contribution in [2.45, 2.75) is 26.9 Å². The van der Waals surface area contributed by atoms with Crippen LogP contribution in [0.1, 0.15) is 18.3 Å². The second kappa shape index (κ2) is 5.16. The number of anilines is 1. The zero-order valence-electron chi connectivity index (χ0n) is 10.4. The van der Waals surface area contributed by atoms with Gasteiger partial charge in [-0.15, -0.1) is 0 Å². The summed E-state index contributed by atoms with van der Waals surface area (Å²) in [5, 5.41) is 7.17. The van der Waals surface area contributed by atoms with Gasteiger partial charge in [-0.25, -0.2) is 8.78 Å². The fourth-order valence-corrected chi connectivity index (χ4v) is 1.84. The summed E-state index contributed by atoms with van der Waals surface area (Å²) in [5.74, 6) is -1.70. The van der Waals surface area contributed by atoms with Crippen molar-refractivity contribution in [2.24, 2.45) is 0 Å². The first-order chi connectivity index (χ1) is 8.61. The van der Waals surface area contributed by atoms with Gasteiger partial charge in [-0.2, -0.15) is 5.10 Å². The third kappa shape index (κ3) is 2.50. The average Bonchev–Trinajstić information content (AvgIpc) is 2.71. The maximum absolute atomic E-state index is 13.4. The summed E-state index contributed by atoms with van der Waals surface area (Å²) in [7, 11) is 0. The molecule has 0 fully saturated rings. The first kappa shape index (κ1) is 12.5. The molecule has 18 heavy (non-hydrogen) atoms. The molecule has 1 aromatic heterocycles. The molecule has 0 saturated carbocycles. The number of rotatable bonds is 4. The van der Waals surface area contributed by atoms with Crippen molar-refractivity contribution in [2.75, 3.05) is 5.32 Å². The Kier molecular flexibility index (Phi) is 3.60. The summed E-state index contributed by atoms with van der Waals surface area (Å²) in [6.07, 6.45) is 0. The molecule has 0 aliphatic rings. The molecule has 0 radical (unpaired) electrons. The van der Waals surface area contributed by atoms with E-state index in [4.69, 9.17) is 0 Å². The summed E-state index contributed by atoms with van der Waals surface area (Å²) in [5.41, 5.74) is 2.02. The van der Waals surface area contributed by atoms with Crippen molar-refractivity contribution in [3.8, 4) is 0 Å². The zero-order valence-corrected chi connectivity index (χ0v) is 10.4. The highest BCUT2D eigenvalue weighted by Gasteiger charge is 2.08. The molecule has 2 rings (SSSR count). The Morgan fingerprint density at radius 2 is 2.11 bits per heavy atom. The Bertz CT molecular complexity index is 549. The van der Waals surface area contributed by atoms with E-state index in [2.05, 4.69) is 10.4 Å². The Balaban J connectivity index is 2.13. The van der Waals surface area contributed by atoms with Crippen LogP contribution in [0.4, 0.5) is 14.5 Å². The lowest BCUT2D eigenvalue weighted by Crippen LogP contribution is -2.09. The van der Waals surface area contributed by atoms with Gasteiger partial charge in [-0.05, 0) is 32.0 Å². The molecular weight excluding hydrogens is 236 g/mol. The third-order valence-electron chi connectivity index (χ3n) is 2.70. The van der Waals surface area contributed by atoms with Gasteiger partial charge in [0, 0.05) is 6.54 Å². The fraction of sp³-hybridized carbons (Fsp3) is 0.308. The first-order valence-electron chi connectivity index (χ1n) is 5.83. The van der Waals surface area contributed by atoms with Crippen molar-refractivity contribution in [1.82, 2.24) is 9.78 Å². The van der Waals surface area contributed by atoms with Crippen molar-refractivity contribution in [3.05, 3.63) is 47.3 Å². The number of benzene rings is 1. The van der Waals surface area contributed by atoms with E-state index in [1.807, 2.05) is 24.6 Å². The number of nitrogens with one attached hydrogen (secondary N) is 1. The minimum atomic E-state index is -0.850. The highest BCUT2D eigenvalue weighted by molar-refractivity contribution is 5.45. The van der Waals surface area contributed by atoms with Crippen LogP contribution in [0.3, 0.4) is 0 Å². The smallest absolute Gasteiger partial charge is 0.181 e. The van der Waals surface area contributed by atoms with Gasteiger partial charge in [0.1, 0.15) is 0 Å². The molecule has 1 aromatic carbocycles. The van der Waals surface area contributed by atoms with Gasteiger partial charge in [0.15, 0.2) is 11.6 Å². The number of aryl methyl sites for hydroxylation is 2. The molecule has 0 spiro atoms. The lowest BCUT2D eigenvalue weighted by molar-refractivity contribution is 0.510. The van der Waals surface area contributed by atoms with Crippen LogP contribution >= 0.6 is 0 Å². The van der Waals surface area contributed by atoms with Gasteiger partial charge < -0.3 is 5.32 Å². The van der Waals surface area contributed by atoms with E-state index in [0.717, 1.165) is 24.0 Å². The Hall–Kier alpha value is -1.91. The van der Waals surface area contributed by atoms with E-state index >= 15 is 0 Å². The predicted octanol–water partition coefficient (Wildman–Crippen LogP) is 3.10. The van der Waals surface area contributed by atoms with E-state index in [1.165, 1.54) is 12.1 Å². The molecule has 0 amide bonds. The zero-order chi connectivity index (χ0) is 13.1. The van der Waals surface area contributed by atoms with Crippen molar-refractivity contribution < 1.29 is 8.78 Å². The molecule has 96 valence electrons. The van der Waals surface area contributed by atoms with E-state index in [9.17, 15) is 8.78 Å². The summed E-state index contributed by atoms with van der Waals surface area (Å²) < 4.78 is 28.3.